The lowest BCUT2D eigenvalue weighted by Crippen LogP contribution is -2.28. The third-order valence-corrected chi connectivity index (χ3v) is 12.9. The average Bonchev–Trinajstić information content (AvgIpc) is 3.96. The third-order valence-electron chi connectivity index (χ3n) is 12.9. The lowest BCUT2D eigenvalue weighted by molar-refractivity contribution is 0.769. The number of rotatable bonds is 6. The van der Waals surface area contributed by atoms with Gasteiger partial charge in [-0.2, -0.15) is 0 Å². The summed E-state index contributed by atoms with van der Waals surface area (Å²) in [6.07, 6.45) is 0.863. The molecule has 0 fully saturated rings. The van der Waals surface area contributed by atoms with E-state index in [1.165, 1.54) is 77.5 Å². The average molecular weight is 766 g/mol. The fourth-order valence-corrected chi connectivity index (χ4v) is 10.3. The molecule has 12 rings (SSSR count). The van der Waals surface area contributed by atoms with Crippen molar-refractivity contribution in [3.05, 3.63) is 251 Å². The van der Waals surface area contributed by atoms with Crippen molar-refractivity contribution in [3.63, 3.8) is 0 Å². The van der Waals surface area contributed by atoms with Gasteiger partial charge >= 0.3 is 0 Å². The van der Waals surface area contributed by atoms with Gasteiger partial charge in [-0.25, -0.2) is 4.99 Å². The molecule has 9 aromatic carbocycles. The topological polar surface area (TPSA) is 43.3 Å². The summed E-state index contributed by atoms with van der Waals surface area (Å²) in [6, 6.07) is 77.1. The summed E-state index contributed by atoms with van der Waals surface area (Å²) in [5, 5.41) is 2.41. The number of amidine groups is 1. The maximum Gasteiger partial charge on any atom is 0.131 e. The van der Waals surface area contributed by atoms with Crippen molar-refractivity contribution in [1.29, 1.82) is 0 Å². The maximum atomic E-state index is 6.86. The van der Waals surface area contributed by atoms with Gasteiger partial charge in [0.05, 0.1) is 22.1 Å². The number of para-hydroxylation sites is 1. The first-order chi connectivity index (χ1) is 29.7. The quantitative estimate of drug-likeness (QED) is 0.133. The lowest BCUT2D eigenvalue weighted by atomic mass is 9.67. The number of benzene rings is 9. The highest BCUT2D eigenvalue weighted by Crippen LogP contribution is 2.56. The van der Waals surface area contributed by atoms with Crippen LogP contribution in [0.15, 0.2) is 217 Å². The Morgan fingerprint density at radius 2 is 1.10 bits per heavy atom. The first-order valence-corrected chi connectivity index (χ1v) is 20.7. The predicted octanol–water partition coefficient (Wildman–Crippen LogP) is 13.4. The molecule has 3 nitrogen and oxygen atoms in total. The highest BCUT2D eigenvalue weighted by molar-refractivity contribution is 6.11. The Hall–Kier alpha value is -7.75. The molecule has 1 heterocycles. The lowest BCUT2D eigenvalue weighted by Gasteiger charge is -2.34. The van der Waals surface area contributed by atoms with E-state index in [0.29, 0.717) is 5.84 Å². The first-order valence-electron chi connectivity index (χ1n) is 20.7. The second-order valence-corrected chi connectivity index (χ2v) is 16.1. The Labute approximate surface area is 349 Å². The van der Waals surface area contributed by atoms with Crippen LogP contribution in [-0.4, -0.2) is 10.4 Å². The van der Waals surface area contributed by atoms with Gasteiger partial charge in [-0.05, 0) is 109 Å². The van der Waals surface area contributed by atoms with E-state index in [1.54, 1.807) is 0 Å². The maximum absolute atomic E-state index is 6.86. The molecule has 0 spiro atoms. The van der Waals surface area contributed by atoms with E-state index in [2.05, 4.69) is 217 Å². The van der Waals surface area contributed by atoms with Crippen LogP contribution in [0, 0.1) is 0 Å². The Balaban J connectivity index is 0.978. The van der Waals surface area contributed by atoms with Crippen LogP contribution >= 0.6 is 0 Å². The summed E-state index contributed by atoms with van der Waals surface area (Å²) in [5.74, 6) is 0.505. The molecular weight excluding hydrogens is 727 g/mol. The molecule has 2 aliphatic carbocycles. The van der Waals surface area contributed by atoms with E-state index in [9.17, 15) is 0 Å². The first kappa shape index (κ1) is 34.3. The van der Waals surface area contributed by atoms with Gasteiger partial charge in [0.2, 0.25) is 0 Å². The van der Waals surface area contributed by atoms with E-state index in [-0.39, 0.29) is 0 Å². The molecule has 0 unspecified atom stereocenters. The highest BCUT2D eigenvalue weighted by Gasteiger charge is 2.46. The number of fused-ring (bicyclic) bond motifs is 9. The summed E-state index contributed by atoms with van der Waals surface area (Å²) < 4.78 is 2.36. The summed E-state index contributed by atoms with van der Waals surface area (Å²) in [4.78, 5) is 5.05. The minimum atomic E-state index is -0.452. The molecule has 2 aliphatic rings. The standard InChI is InChI=1S/C57H39N3/c58-56(59-53-27-14-25-45-44-22-8-7-15-39(44)35-49(45)53)40-16-13-21-43(33-40)60-54-28-12-10-24-48(54)50-34-37(30-32-55(50)60)38-29-31-47-46-23-9-11-26-51(46)57(52(47)36-38,41-17-3-1-4-18-41)42-19-5-2-6-20-42/h1-34,36H,35H2,(H2,58,59). The highest BCUT2D eigenvalue weighted by atomic mass is 15.0. The molecule has 0 saturated carbocycles. The van der Waals surface area contributed by atoms with Crippen LogP contribution in [0.1, 0.15) is 38.9 Å². The van der Waals surface area contributed by atoms with Crippen molar-refractivity contribution in [2.24, 2.45) is 10.7 Å². The van der Waals surface area contributed by atoms with Gasteiger partial charge in [-0.3, -0.25) is 0 Å². The Morgan fingerprint density at radius 1 is 0.467 bits per heavy atom. The molecule has 0 saturated heterocycles. The van der Waals surface area contributed by atoms with Gasteiger partial charge in [-0.1, -0.05) is 170 Å². The molecule has 0 radical (unpaired) electrons. The van der Waals surface area contributed by atoms with Crippen molar-refractivity contribution in [1.82, 2.24) is 4.57 Å². The largest absolute Gasteiger partial charge is 0.383 e. The number of nitrogens with zero attached hydrogens (tertiary/aromatic N) is 2. The Bertz CT molecular complexity index is 3310. The smallest absolute Gasteiger partial charge is 0.131 e. The van der Waals surface area contributed by atoms with Gasteiger partial charge in [0.15, 0.2) is 0 Å². The number of aromatic nitrogens is 1. The molecule has 2 N–H and O–H groups in total. The van der Waals surface area contributed by atoms with E-state index in [0.717, 1.165) is 34.4 Å². The monoisotopic (exact) mass is 765 g/mol. The second kappa shape index (κ2) is 13.4. The van der Waals surface area contributed by atoms with Gasteiger partial charge in [-0.15, -0.1) is 0 Å². The van der Waals surface area contributed by atoms with Gasteiger partial charge in [0.1, 0.15) is 5.84 Å². The van der Waals surface area contributed by atoms with E-state index in [4.69, 9.17) is 10.7 Å². The van der Waals surface area contributed by atoms with Crippen molar-refractivity contribution < 1.29 is 0 Å². The summed E-state index contributed by atoms with van der Waals surface area (Å²) in [7, 11) is 0. The zero-order valence-electron chi connectivity index (χ0n) is 32.9. The Morgan fingerprint density at radius 3 is 1.93 bits per heavy atom. The second-order valence-electron chi connectivity index (χ2n) is 16.1. The predicted molar refractivity (Wildman–Crippen MR) is 249 cm³/mol. The molecule has 1 aromatic heterocycles. The SMILES string of the molecule is NC(=Nc1cccc2c1Cc1ccccc1-2)c1cccc(-n2c3ccccc3c3cc(-c4ccc5c(c4)C(c4ccccc4)(c4ccccc4)c4ccccc4-5)ccc32)c1. The van der Waals surface area contributed by atoms with Gasteiger partial charge in [0.25, 0.3) is 0 Å². The van der Waals surface area contributed by atoms with E-state index < -0.39 is 5.41 Å². The molecule has 0 amide bonds. The molecule has 0 aliphatic heterocycles. The molecule has 282 valence electrons. The van der Waals surface area contributed by atoms with Crippen LogP contribution in [0.3, 0.4) is 0 Å². The molecule has 0 atom stereocenters. The van der Waals surface area contributed by atoms with Crippen LogP contribution in [-0.2, 0) is 11.8 Å². The minimum Gasteiger partial charge on any atom is -0.383 e. The van der Waals surface area contributed by atoms with Crippen molar-refractivity contribution in [2.75, 3.05) is 0 Å². The van der Waals surface area contributed by atoms with Crippen LogP contribution in [0.5, 0.6) is 0 Å². The zero-order chi connectivity index (χ0) is 39.8. The number of nitrogens with two attached hydrogens (primary N) is 1. The number of hydrogen-bond donors (Lipinski definition) is 1. The molecule has 3 heteroatoms. The molecular formula is C57H39N3. The van der Waals surface area contributed by atoms with Crippen LogP contribution in [0.4, 0.5) is 5.69 Å². The summed E-state index contributed by atoms with van der Waals surface area (Å²) in [5.41, 5.74) is 26.8. The van der Waals surface area contributed by atoms with Crippen molar-refractivity contribution in [2.45, 2.75) is 11.8 Å². The van der Waals surface area contributed by atoms with Crippen molar-refractivity contribution >= 4 is 33.3 Å². The molecule has 10 aromatic rings. The summed E-state index contributed by atoms with van der Waals surface area (Å²) in [6.45, 7) is 0. The Kier molecular flexibility index (Phi) is 7.66. The fourth-order valence-electron chi connectivity index (χ4n) is 10.3. The minimum absolute atomic E-state index is 0.452. The summed E-state index contributed by atoms with van der Waals surface area (Å²) >= 11 is 0. The van der Waals surface area contributed by atoms with E-state index >= 15 is 0 Å². The van der Waals surface area contributed by atoms with Crippen LogP contribution in [0.2, 0.25) is 0 Å². The number of aliphatic imine (C=N–C) groups is 1. The molecule has 0 bridgehead atoms. The van der Waals surface area contributed by atoms with Gasteiger partial charge in [0, 0.05) is 28.4 Å². The normalized spacial score (nSPS) is 13.6. The molecule has 60 heavy (non-hydrogen) atoms. The van der Waals surface area contributed by atoms with Crippen molar-refractivity contribution in [3.8, 4) is 39.1 Å². The van der Waals surface area contributed by atoms with Gasteiger partial charge < -0.3 is 10.3 Å². The number of hydrogen-bond acceptors (Lipinski definition) is 1. The van der Waals surface area contributed by atoms with Crippen LogP contribution < -0.4 is 5.73 Å². The van der Waals surface area contributed by atoms with Crippen LogP contribution in [0.25, 0.3) is 60.9 Å². The fraction of sp³-hybridized carbons (Fsp3) is 0.0351. The third kappa shape index (κ3) is 5.06. The van der Waals surface area contributed by atoms with E-state index in [1.807, 2.05) is 0 Å². The zero-order valence-corrected chi connectivity index (χ0v) is 32.9.